The van der Waals surface area contributed by atoms with Gasteiger partial charge in [-0.25, -0.2) is 0 Å². The van der Waals surface area contributed by atoms with Gasteiger partial charge in [-0.15, -0.1) is 0 Å². The molecule has 0 aliphatic carbocycles. The van der Waals surface area contributed by atoms with Crippen LogP contribution in [0.15, 0.2) is 30.5 Å². The first-order chi connectivity index (χ1) is 7.20. The lowest BCUT2D eigenvalue weighted by atomic mass is 10.1. The number of aryl methyl sites for hydroxylation is 1. The molecule has 15 heavy (non-hydrogen) atoms. The van der Waals surface area contributed by atoms with Crippen LogP contribution in [0.2, 0.25) is 5.02 Å². The largest absolute Gasteiger partial charge is 0.358 e. The normalized spacial score (nSPS) is 10.3. The summed E-state index contributed by atoms with van der Waals surface area (Å²) in [5.74, 6) is 0. The van der Waals surface area contributed by atoms with Gasteiger partial charge in [-0.3, -0.25) is 4.79 Å². The highest BCUT2D eigenvalue weighted by molar-refractivity contribution is 6.31. The van der Waals surface area contributed by atoms with Gasteiger partial charge < -0.3 is 4.98 Å². The van der Waals surface area contributed by atoms with Crippen molar-refractivity contribution >= 4 is 17.9 Å². The number of nitrogens with one attached hydrogen (secondary N) is 1. The van der Waals surface area contributed by atoms with Crippen LogP contribution in [0.4, 0.5) is 0 Å². The quantitative estimate of drug-likeness (QED) is 0.771. The monoisotopic (exact) mass is 219 g/mol. The third-order valence-corrected chi connectivity index (χ3v) is 2.74. The SMILES string of the molecule is Cc1ccc(-c2c[nH]c(C=O)c2)cc1Cl. The topological polar surface area (TPSA) is 32.9 Å². The third kappa shape index (κ3) is 1.95. The Hall–Kier alpha value is -1.54. The molecule has 2 aromatic rings. The lowest BCUT2D eigenvalue weighted by Crippen LogP contribution is -1.78. The van der Waals surface area contributed by atoms with Crippen molar-refractivity contribution in [2.75, 3.05) is 0 Å². The number of hydrogen-bond donors (Lipinski definition) is 1. The molecule has 76 valence electrons. The molecule has 2 rings (SSSR count). The Morgan fingerprint density at radius 3 is 2.67 bits per heavy atom. The Bertz CT molecular complexity index is 502. The summed E-state index contributed by atoms with van der Waals surface area (Å²) in [7, 11) is 0. The van der Waals surface area contributed by atoms with Crippen LogP contribution < -0.4 is 0 Å². The highest BCUT2D eigenvalue weighted by atomic mass is 35.5. The molecule has 3 heteroatoms. The van der Waals surface area contributed by atoms with E-state index in [9.17, 15) is 4.79 Å². The van der Waals surface area contributed by atoms with Crippen LogP contribution in [0, 0.1) is 6.92 Å². The number of aldehydes is 1. The van der Waals surface area contributed by atoms with Gasteiger partial charge in [0.2, 0.25) is 0 Å². The van der Waals surface area contributed by atoms with E-state index < -0.39 is 0 Å². The molecule has 0 bridgehead atoms. The van der Waals surface area contributed by atoms with Gasteiger partial charge in [0.05, 0.1) is 5.69 Å². The molecule has 0 spiro atoms. The van der Waals surface area contributed by atoms with Gasteiger partial charge in [0, 0.05) is 11.2 Å². The molecule has 0 radical (unpaired) electrons. The van der Waals surface area contributed by atoms with E-state index in [2.05, 4.69) is 4.98 Å². The Morgan fingerprint density at radius 1 is 1.27 bits per heavy atom. The van der Waals surface area contributed by atoms with Crippen molar-refractivity contribution in [1.82, 2.24) is 4.98 Å². The summed E-state index contributed by atoms with van der Waals surface area (Å²) < 4.78 is 0. The van der Waals surface area contributed by atoms with Crippen LogP contribution in [-0.4, -0.2) is 11.3 Å². The maximum Gasteiger partial charge on any atom is 0.166 e. The lowest BCUT2D eigenvalue weighted by Gasteiger charge is -2.01. The molecule has 1 N–H and O–H groups in total. The summed E-state index contributed by atoms with van der Waals surface area (Å²) in [6.45, 7) is 1.96. The number of carbonyl (C=O) groups excluding carboxylic acids is 1. The van der Waals surface area contributed by atoms with Crippen molar-refractivity contribution in [2.24, 2.45) is 0 Å². The highest BCUT2D eigenvalue weighted by Crippen LogP contribution is 2.25. The summed E-state index contributed by atoms with van der Waals surface area (Å²) in [6, 6.07) is 7.65. The second-order valence-corrected chi connectivity index (χ2v) is 3.83. The maximum atomic E-state index is 10.5. The van der Waals surface area contributed by atoms with E-state index >= 15 is 0 Å². The molecule has 0 unspecified atom stereocenters. The number of halogens is 1. The van der Waals surface area contributed by atoms with E-state index in [4.69, 9.17) is 11.6 Å². The van der Waals surface area contributed by atoms with E-state index in [1.54, 1.807) is 12.3 Å². The molecule has 0 aliphatic rings. The van der Waals surface area contributed by atoms with Crippen LogP contribution in [0.25, 0.3) is 11.1 Å². The van der Waals surface area contributed by atoms with E-state index in [0.717, 1.165) is 28.0 Å². The molecular formula is C12H10ClNO. The molecule has 0 saturated carbocycles. The molecule has 1 aromatic heterocycles. The van der Waals surface area contributed by atoms with Gasteiger partial charge in [0.1, 0.15) is 0 Å². The van der Waals surface area contributed by atoms with Crippen LogP contribution in [0.1, 0.15) is 16.1 Å². The Kier molecular flexibility index (Phi) is 2.60. The number of aromatic nitrogens is 1. The van der Waals surface area contributed by atoms with Crippen molar-refractivity contribution in [3.8, 4) is 11.1 Å². The van der Waals surface area contributed by atoms with Gasteiger partial charge in [-0.2, -0.15) is 0 Å². The molecule has 0 atom stereocenters. The lowest BCUT2D eigenvalue weighted by molar-refractivity contribution is 0.111. The first kappa shape index (κ1) is 9.99. The minimum Gasteiger partial charge on any atom is -0.358 e. The first-order valence-electron chi connectivity index (χ1n) is 4.61. The van der Waals surface area contributed by atoms with Crippen LogP contribution in [0.5, 0.6) is 0 Å². The average Bonchev–Trinajstić information content (AvgIpc) is 2.70. The predicted octanol–water partition coefficient (Wildman–Crippen LogP) is 3.46. The summed E-state index contributed by atoms with van der Waals surface area (Å²) in [5, 5.41) is 0.737. The zero-order chi connectivity index (χ0) is 10.8. The van der Waals surface area contributed by atoms with Crippen LogP contribution in [-0.2, 0) is 0 Å². The third-order valence-electron chi connectivity index (χ3n) is 2.34. The Balaban J connectivity index is 2.44. The van der Waals surface area contributed by atoms with Gasteiger partial charge >= 0.3 is 0 Å². The number of carbonyl (C=O) groups is 1. The van der Waals surface area contributed by atoms with E-state index in [1.807, 2.05) is 25.1 Å². The van der Waals surface area contributed by atoms with Gasteiger partial charge in [0.15, 0.2) is 6.29 Å². The zero-order valence-corrected chi connectivity index (χ0v) is 9.01. The fraction of sp³-hybridized carbons (Fsp3) is 0.0833. The Labute approximate surface area is 92.9 Å². The molecule has 2 nitrogen and oxygen atoms in total. The van der Waals surface area contributed by atoms with Crippen LogP contribution in [0.3, 0.4) is 0 Å². The molecule has 0 fully saturated rings. The molecule has 0 amide bonds. The van der Waals surface area contributed by atoms with E-state index in [0.29, 0.717) is 5.69 Å². The minimum absolute atomic E-state index is 0.571. The first-order valence-corrected chi connectivity index (χ1v) is 4.98. The minimum atomic E-state index is 0.571. The van der Waals surface area contributed by atoms with Gasteiger partial charge in [0.25, 0.3) is 0 Å². The number of aromatic amines is 1. The van der Waals surface area contributed by atoms with E-state index in [1.165, 1.54) is 0 Å². The molecule has 0 aliphatic heterocycles. The molecular weight excluding hydrogens is 210 g/mol. The fourth-order valence-electron chi connectivity index (χ4n) is 1.42. The van der Waals surface area contributed by atoms with Crippen molar-refractivity contribution < 1.29 is 4.79 Å². The standard InChI is InChI=1S/C12H10ClNO/c1-8-2-3-9(5-12(8)13)10-4-11(7-15)14-6-10/h2-7,14H,1H3. The summed E-state index contributed by atoms with van der Waals surface area (Å²) in [5.41, 5.74) is 3.60. The van der Waals surface area contributed by atoms with Crippen molar-refractivity contribution in [3.05, 3.63) is 46.7 Å². The van der Waals surface area contributed by atoms with Crippen molar-refractivity contribution in [1.29, 1.82) is 0 Å². The number of hydrogen-bond acceptors (Lipinski definition) is 1. The number of rotatable bonds is 2. The number of benzene rings is 1. The van der Waals surface area contributed by atoms with Gasteiger partial charge in [-0.05, 0) is 35.7 Å². The molecule has 1 aromatic carbocycles. The molecule has 0 saturated heterocycles. The van der Waals surface area contributed by atoms with Crippen molar-refractivity contribution in [3.63, 3.8) is 0 Å². The number of H-pyrrole nitrogens is 1. The predicted molar refractivity (Wildman–Crippen MR) is 61.4 cm³/mol. The Morgan fingerprint density at radius 2 is 2.07 bits per heavy atom. The summed E-state index contributed by atoms with van der Waals surface area (Å²) in [4.78, 5) is 13.4. The van der Waals surface area contributed by atoms with Gasteiger partial charge in [-0.1, -0.05) is 23.7 Å². The van der Waals surface area contributed by atoms with Crippen molar-refractivity contribution in [2.45, 2.75) is 6.92 Å². The van der Waals surface area contributed by atoms with E-state index in [-0.39, 0.29) is 0 Å². The second kappa shape index (κ2) is 3.91. The maximum absolute atomic E-state index is 10.5. The van der Waals surface area contributed by atoms with Crippen LogP contribution >= 0.6 is 11.6 Å². The highest BCUT2D eigenvalue weighted by Gasteiger charge is 2.03. The summed E-state index contributed by atoms with van der Waals surface area (Å²) >= 11 is 6.02. The smallest absolute Gasteiger partial charge is 0.166 e. The fourth-order valence-corrected chi connectivity index (χ4v) is 1.60. The molecule has 1 heterocycles. The second-order valence-electron chi connectivity index (χ2n) is 3.43. The zero-order valence-electron chi connectivity index (χ0n) is 8.25. The average molecular weight is 220 g/mol. The summed E-state index contributed by atoms with van der Waals surface area (Å²) in [6.07, 6.45) is 2.59.